The second-order valence-corrected chi connectivity index (χ2v) is 5.76. The Kier molecular flexibility index (Phi) is 4.37. The molecule has 26 heavy (non-hydrogen) atoms. The number of alkyl halides is 3. The minimum Gasteiger partial charge on any atom is -0.412 e. The summed E-state index contributed by atoms with van der Waals surface area (Å²) < 4.78 is 41.5. The van der Waals surface area contributed by atoms with Crippen LogP contribution < -0.4 is 0 Å². The molecule has 2 N–H and O–H groups in total. The lowest BCUT2D eigenvalue weighted by Crippen LogP contribution is -2.12. The highest BCUT2D eigenvalue weighted by molar-refractivity contribution is 6.15. The fourth-order valence-corrected chi connectivity index (χ4v) is 3.00. The second kappa shape index (κ2) is 6.38. The summed E-state index contributed by atoms with van der Waals surface area (Å²) in [6.07, 6.45) is -4.42. The molecule has 4 rings (SSSR count). The summed E-state index contributed by atoms with van der Waals surface area (Å²) in [4.78, 5) is 4.54. The van der Waals surface area contributed by atoms with Gasteiger partial charge in [0.1, 0.15) is 12.4 Å². The van der Waals surface area contributed by atoms with E-state index >= 15 is 0 Å². The van der Waals surface area contributed by atoms with E-state index in [1.807, 2.05) is 30.3 Å². The summed E-state index contributed by atoms with van der Waals surface area (Å²) >= 11 is 0. The molecule has 134 valence electrons. The normalized spacial score (nSPS) is 13.2. The van der Waals surface area contributed by atoms with E-state index in [-0.39, 0.29) is 12.0 Å². The van der Waals surface area contributed by atoms with E-state index < -0.39 is 11.7 Å². The molecular weight excluding hydrogens is 345 g/mol. The second-order valence-electron chi connectivity index (χ2n) is 5.76. The first-order valence-corrected chi connectivity index (χ1v) is 7.68. The van der Waals surface area contributed by atoms with Gasteiger partial charge >= 0.3 is 6.18 Å². The molecule has 5 nitrogen and oxygen atoms in total. The van der Waals surface area contributed by atoms with E-state index in [0.29, 0.717) is 28.6 Å². The van der Waals surface area contributed by atoms with Crippen LogP contribution in [0.5, 0.6) is 0 Å². The number of benzene rings is 2. The molecule has 0 fully saturated rings. The zero-order chi connectivity index (χ0) is 17.6. The molecule has 0 spiro atoms. The topological polar surface area (TPSA) is 74.6 Å². The molecule has 1 aliphatic heterocycles. The summed E-state index contributed by atoms with van der Waals surface area (Å²) in [5.41, 5.74) is 1.60. The highest BCUT2D eigenvalue weighted by Crippen LogP contribution is 2.34. The SMILES string of the molecule is Cc1nnc2n1-c1ccc(C(F)(F)F)cc1C(c1ccccc1)=NC2.O. The van der Waals surface area contributed by atoms with Crippen LogP contribution in [-0.2, 0) is 12.7 Å². The summed E-state index contributed by atoms with van der Waals surface area (Å²) in [6, 6.07) is 12.9. The Morgan fingerprint density at radius 3 is 2.42 bits per heavy atom. The van der Waals surface area contributed by atoms with Crippen molar-refractivity contribution in [2.75, 3.05) is 0 Å². The Balaban J connectivity index is 0.00000196. The number of hydrogen-bond donors (Lipinski definition) is 0. The van der Waals surface area contributed by atoms with Crippen molar-refractivity contribution < 1.29 is 18.6 Å². The van der Waals surface area contributed by atoms with Crippen molar-refractivity contribution in [3.05, 3.63) is 76.9 Å². The van der Waals surface area contributed by atoms with Gasteiger partial charge in [0.05, 0.1) is 17.0 Å². The third-order valence-electron chi connectivity index (χ3n) is 4.14. The fraction of sp³-hybridized carbons (Fsp3) is 0.167. The first-order chi connectivity index (χ1) is 11.9. The maximum absolute atomic E-state index is 13.2. The van der Waals surface area contributed by atoms with Gasteiger partial charge in [-0.15, -0.1) is 10.2 Å². The van der Waals surface area contributed by atoms with Crippen LogP contribution in [0.4, 0.5) is 13.2 Å². The van der Waals surface area contributed by atoms with Gasteiger partial charge in [0.2, 0.25) is 0 Å². The maximum Gasteiger partial charge on any atom is 0.416 e. The average molecular weight is 360 g/mol. The van der Waals surface area contributed by atoms with Crippen molar-refractivity contribution in [3.8, 4) is 5.69 Å². The van der Waals surface area contributed by atoms with Gasteiger partial charge in [-0.3, -0.25) is 9.56 Å². The molecule has 0 radical (unpaired) electrons. The smallest absolute Gasteiger partial charge is 0.412 e. The number of aliphatic imine (C=N–C) groups is 1. The van der Waals surface area contributed by atoms with Gasteiger partial charge in [-0.25, -0.2) is 0 Å². The highest BCUT2D eigenvalue weighted by atomic mass is 19.4. The van der Waals surface area contributed by atoms with Gasteiger partial charge in [0.25, 0.3) is 0 Å². The van der Waals surface area contributed by atoms with Gasteiger partial charge < -0.3 is 5.48 Å². The molecule has 0 atom stereocenters. The van der Waals surface area contributed by atoms with Crippen LogP contribution in [0.3, 0.4) is 0 Å². The summed E-state index contributed by atoms with van der Waals surface area (Å²) in [5, 5.41) is 8.13. The van der Waals surface area contributed by atoms with E-state index in [1.54, 1.807) is 11.5 Å². The standard InChI is InChI=1S/C18H13F3N4.H2O/c1-11-23-24-16-10-22-17(12-5-3-2-4-6-12)14-9-13(18(19,20)21)7-8-15(14)25(11)16;/h2-9H,10H2,1H3;1H2. The van der Waals surface area contributed by atoms with Crippen molar-refractivity contribution >= 4 is 5.71 Å². The molecule has 2 heterocycles. The number of hydrogen-bond acceptors (Lipinski definition) is 3. The van der Waals surface area contributed by atoms with Gasteiger partial charge in [0, 0.05) is 11.1 Å². The van der Waals surface area contributed by atoms with Crippen LogP contribution >= 0.6 is 0 Å². The molecule has 0 amide bonds. The molecule has 0 aliphatic carbocycles. The highest BCUT2D eigenvalue weighted by Gasteiger charge is 2.32. The molecule has 1 aliphatic rings. The van der Waals surface area contributed by atoms with Gasteiger partial charge in [0.15, 0.2) is 5.82 Å². The van der Waals surface area contributed by atoms with E-state index in [1.165, 1.54) is 6.07 Å². The van der Waals surface area contributed by atoms with Crippen LogP contribution in [0.15, 0.2) is 53.5 Å². The van der Waals surface area contributed by atoms with E-state index in [9.17, 15) is 13.2 Å². The van der Waals surface area contributed by atoms with Crippen LogP contribution in [0.25, 0.3) is 5.69 Å². The zero-order valence-corrected chi connectivity index (χ0v) is 13.7. The predicted octanol–water partition coefficient (Wildman–Crippen LogP) is 3.12. The van der Waals surface area contributed by atoms with Gasteiger partial charge in [-0.1, -0.05) is 30.3 Å². The Bertz CT molecular complexity index is 978. The van der Waals surface area contributed by atoms with Crippen LogP contribution in [0, 0.1) is 6.92 Å². The monoisotopic (exact) mass is 360 g/mol. The molecule has 0 bridgehead atoms. The van der Waals surface area contributed by atoms with Crippen molar-refractivity contribution in [2.45, 2.75) is 19.6 Å². The Hall–Kier alpha value is -3.00. The average Bonchev–Trinajstić information content (AvgIpc) is 2.87. The van der Waals surface area contributed by atoms with Gasteiger partial charge in [-0.05, 0) is 25.1 Å². The van der Waals surface area contributed by atoms with Crippen molar-refractivity contribution in [3.63, 3.8) is 0 Å². The largest absolute Gasteiger partial charge is 0.416 e. The fourth-order valence-electron chi connectivity index (χ4n) is 3.00. The van der Waals surface area contributed by atoms with Crippen LogP contribution in [0.1, 0.15) is 28.3 Å². The first kappa shape index (κ1) is 17.8. The van der Waals surface area contributed by atoms with E-state index in [4.69, 9.17) is 0 Å². The summed E-state index contributed by atoms with van der Waals surface area (Å²) in [6.45, 7) is 2.02. The molecular formula is C18H15F3N4O. The van der Waals surface area contributed by atoms with Crippen molar-refractivity contribution in [1.82, 2.24) is 14.8 Å². The van der Waals surface area contributed by atoms with Gasteiger partial charge in [-0.2, -0.15) is 13.2 Å². The molecule has 0 unspecified atom stereocenters. The summed E-state index contributed by atoms with van der Waals surface area (Å²) in [5.74, 6) is 1.21. The van der Waals surface area contributed by atoms with Crippen molar-refractivity contribution in [1.29, 1.82) is 0 Å². The predicted molar refractivity (Wildman–Crippen MR) is 90.5 cm³/mol. The number of fused-ring (bicyclic) bond motifs is 3. The van der Waals surface area contributed by atoms with Crippen LogP contribution in [-0.4, -0.2) is 26.0 Å². The third-order valence-corrected chi connectivity index (χ3v) is 4.14. The summed E-state index contributed by atoms with van der Waals surface area (Å²) in [7, 11) is 0. The lowest BCUT2D eigenvalue weighted by Gasteiger charge is -2.15. The minimum atomic E-state index is -4.42. The maximum atomic E-state index is 13.2. The van der Waals surface area contributed by atoms with Crippen molar-refractivity contribution in [2.24, 2.45) is 4.99 Å². The minimum absolute atomic E-state index is 0. The number of aromatic nitrogens is 3. The molecule has 1 aromatic heterocycles. The quantitative estimate of drug-likeness (QED) is 0.669. The Morgan fingerprint density at radius 2 is 1.73 bits per heavy atom. The van der Waals surface area contributed by atoms with Crippen LogP contribution in [0.2, 0.25) is 0 Å². The number of halogens is 3. The molecule has 0 saturated carbocycles. The molecule has 2 aromatic carbocycles. The zero-order valence-electron chi connectivity index (χ0n) is 13.7. The molecule has 0 saturated heterocycles. The number of rotatable bonds is 1. The van der Waals surface area contributed by atoms with E-state index in [2.05, 4.69) is 15.2 Å². The lowest BCUT2D eigenvalue weighted by atomic mass is 9.98. The molecule has 8 heteroatoms. The Morgan fingerprint density at radius 1 is 1.00 bits per heavy atom. The first-order valence-electron chi connectivity index (χ1n) is 7.68. The Labute approximate surface area is 147 Å². The lowest BCUT2D eigenvalue weighted by molar-refractivity contribution is -0.137. The number of nitrogens with zero attached hydrogens (tertiary/aromatic N) is 4. The number of aryl methyl sites for hydroxylation is 1. The third kappa shape index (κ3) is 2.88. The van der Waals surface area contributed by atoms with E-state index in [0.717, 1.165) is 17.7 Å². The molecule has 3 aromatic rings.